The van der Waals surface area contributed by atoms with Crippen molar-refractivity contribution in [2.75, 3.05) is 0 Å². The Bertz CT molecular complexity index is 505. The van der Waals surface area contributed by atoms with Crippen molar-refractivity contribution in [3.05, 3.63) is 33.8 Å². The molecule has 0 aliphatic heterocycles. The Kier molecular flexibility index (Phi) is 5.94. The van der Waals surface area contributed by atoms with Gasteiger partial charge in [-0.3, -0.25) is 0 Å². The van der Waals surface area contributed by atoms with Crippen molar-refractivity contribution >= 4 is 29.2 Å². The number of halogens is 2. The molecular formula is C16H24Cl2N2O. The van der Waals surface area contributed by atoms with E-state index in [9.17, 15) is 4.79 Å². The molecule has 1 aromatic carbocycles. The summed E-state index contributed by atoms with van der Waals surface area (Å²) in [6.07, 6.45) is 0. The molecule has 2 amide bonds. The van der Waals surface area contributed by atoms with Crippen LogP contribution in [0, 0.1) is 0 Å². The van der Waals surface area contributed by atoms with Crippen LogP contribution in [-0.4, -0.2) is 23.0 Å². The minimum atomic E-state index is -0.534. The van der Waals surface area contributed by atoms with Crippen LogP contribution in [0.2, 0.25) is 10.0 Å². The van der Waals surface area contributed by atoms with Gasteiger partial charge in [-0.2, -0.15) is 0 Å². The maximum atomic E-state index is 12.5. The van der Waals surface area contributed by atoms with Crippen LogP contribution < -0.4 is 5.32 Å². The number of nitrogens with one attached hydrogen (secondary N) is 1. The molecule has 0 saturated carbocycles. The third kappa shape index (κ3) is 4.52. The first-order chi connectivity index (χ1) is 9.56. The summed E-state index contributed by atoms with van der Waals surface area (Å²) < 4.78 is 0. The zero-order valence-electron chi connectivity index (χ0n) is 13.5. The van der Waals surface area contributed by atoms with E-state index in [0.29, 0.717) is 10.0 Å². The van der Waals surface area contributed by atoms with Gasteiger partial charge in [0.25, 0.3) is 0 Å². The van der Waals surface area contributed by atoms with E-state index in [4.69, 9.17) is 23.2 Å². The topological polar surface area (TPSA) is 32.3 Å². The first-order valence-corrected chi connectivity index (χ1v) is 7.88. The van der Waals surface area contributed by atoms with Crippen LogP contribution in [0.15, 0.2) is 18.2 Å². The van der Waals surface area contributed by atoms with Crippen molar-refractivity contribution < 1.29 is 4.79 Å². The van der Waals surface area contributed by atoms with E-state index in [1.807, 2.05) is 52.5 Å². The van der Waals surface area contributed by atoms with Gasteiger partial charge in [0.05, 0.1) is 15.6 Å². The molecule has 0 heterocycles. The van der Waals surface area contributed by atoms with Gasteiger partial charge in [-0.15, -0.1) is 0 Å². The lowest BCUT2D eigenvalue weighted by atomic mass is 9.94. The number of hydrogen-bond donors (Lipinski definition) is 1. The van der Waals surface area contributed by atoms with Gasteiger partial charge < -0.3 is 10.2 Å². The second kappa shape index (κ2) is 6.89. The first kappa shape index (κ1) is 18.1. The zero-order chi connectivity index (χ0) is 16.4. The second-order valence-electron chi connectivity index (χ2n) is 6.28. The SMILES string of the molecule is CC(C)N(C(=O)NC(C)(C)c1ccc(Cl)c(Cl)c1)C(C)C. The van der Waals surface area contributed by atoms with Crippen LogP contribution in [0.5, 0.6) is 0 Å². The molecule has 0 fully saturated rings. The van der Waals surface area contributed by atoms with Crippen LogP contribution in [0.1, 0.15) is 47.1 Å². The Morgan fingerprint density at radius 1 is 1.10 bits per heavy atom. The summed E-state index contributed by atoms with van der Waals surface area (Å²) in [6.45, 7) is 11.9. The van der Waals surface area contributed by atoms with Crippen molar-refractivity contribution in [1.29, 1.82) is 0 Å². The number of nitrogens with zero attached hydrogens (tertiary/aromatic N) is 1. The number of hydrogen-bond acceptors (Lipinski definition) is 1. The second-order valence-corrected chi connectivity index (χ2v) is 7.09. The average Bonchev–Trinajstić information content (AvgIpc) is 2.30. The maximum absolute atomic E-state index is 12.5. The van der Waals surface area contributed by atoms with Gasteiger partial charge in [-0.1, -0.05) is 29.3 Å². The fraction of sp³-hybridized carbons (Fsp3) is 0.562. The van der Waals surface area contributed by atoms with E-state index in [1.165, 1.54) is 0 Å². The lowest BCUT2D eigenvalue weighted by Crippen LogP contribution is -2.53. The third-order valence-corrected chi connectivity index (χ3v) is 4.15. The van der Waals surface area contributed by atoms with Gasteiger partial charge in [-0.05, 0) is 59.2 Å². The molecular weight excluding hydrogens is 307 g/mol. The van der Waals surface area contributed by atoms with Gasteiger partial charge >= 0.3 is 6.03 Å². The molecule has 5 heteroatoms. The molecule has 0 aliphatic carbocycles. The van der Waals surface area contributed by atoms with Crippen LogP contribution in [0.3, 0.4) is 0 Å². The van der Waals surface area contributed by atoms with Crippen LogP contribution in [0.25, 0.3) is 0 Å². The van der Waals surface area contributed by atoms with E-state index >= 15 is 0 Å². The summed E-state index contributed by atoms with van der Waals surface area (Å²) in [4.78, 5) is 14.3. The lowest BCUT2D eigenvalue weighted by Gasteiger charge is -2.35. The van der Waals surface area contributed by atoms with Crippen molar-refractivity contribution in [2.45, 2.75) is 59.2 Å². The highest BCUT2D eigenvalue weighted by molar-refractivity contribution is 6.42. The monoisotopic (exact) mass is 330 g/mol. The number of carbonyl (C=O) groups is 1. The quantitative estimate of drug-likeness (QED) is 0.822. The minimum Gasteiger partial charge on any atom is -0.329 e. The van der Waals surface area contributed by atoms with E-state index in [0.717, 1.165) is 5.56 Å². The highest BCUT2D eigenvalue weighted by Gasteiger charge is 2.28. The Morgan fingerprint density at radius 3 is 2.05 bits per heavy atom. The predicted octanol–water partition coefficient (Wildman–Crippen LogP) is 5.06. The summed E-state index contributed by atoms with van der Waals surface area (Å²) >= 11 is 12.0. The van der Waals surface area contributed by atoms with Crippen molar-refractivity contribution in [2.24, 2.45) is 0 Å². The molecule has 21 heavy (non-hydrogen) atoms. The molecule has 1 rings (SSSR count). The lowest BCUT2D eigenvalue weighted by molar-refractivity contribution is 0.155. The molecule has 0 radical (unpaired) electrons. The van der Waals surface area contributed by atoms with E-state index in [1.54, 1.807) is 12.1 Å². The van der Waals surface area contributed by atoms with Crippen LogP contribution in [-0.2, 0) is 5.54 Å². The summed E-state index contributed by atoms with van der Waals surface area (Å²) in [5.74, 6) is 0. The molecule has 3 nitrogen and oxygen atoms in total. The highest BCUT2D eigenvalue weighted by atomic mass is 35.5. The fourth-order valence-electron chi connectivity index (χ4n) is 2.35. The Labute approximate surface area is 137 Å². The molecule has 1 aromatic rings. The predicted molar refractivity (Wildman–Crippen MR) is 90.1 cm³/mol. The van der Waals surface area contributed by atoms with Gasteiger partial charge in [0.15, 0.2) is 0 Å². The average molecular weight is 331 g/mol. The summed E-state index contributed by atoms with van der Waals surface area (Å²) in [7, 11) is 0. The Balaban J connectivity index is 2.98. The molecule has 0 aromatic heterocycles. The van der Waals surface area contributed by atoms with E-state index in [2.05, 4.69) is 5.32 Å². The Hall–Kier alpha value is -0.930. The fourth-order valence-corrected chi connectivity index (χ4v) is 2.65. The first-order valence-electron chi connectivity index (χ1n) is 7.12. The molecule has 118 valence electrons. The molecule has 1 N–H and O–H groups in total. The minimum absolute atomic E-state index is 0.0870. The third-order valence-electron chi connectivity index (χ3n) is 3.41. The van der Waals surface area contributed by atoms with Gasteiger partial charge in [0.1, 0.15) is 0 Å². The highest BCUT2D eigenvalue weighted by Crippen LogP contribution is 2.28. The number of benzene rings is 1. The summed E-state index contributed by atoms with van der Waals surface area (Å²) in [6, 6.07) is 5.60. The molecule has 0 bridgehead atoms. The van der Waals surface area contributed by atoms with E-state index < -0.39 is 5.54 Å². The number of rotatable bonds is 4. The van der Waals surface area contributed by atoms with E-state index in [-0.39, 0.29) is 18.1 Å². The van der Waals surface area contributed by atoms with Crippen molar-refractivity contribution in [3.63, 3.8) is 0 Å². The number of urea groups is 1. The Morgan fingerprint density at radius 2 is 1.62 bits per heavy atom. The number of amides is 2. The van der Waals surface area contributed by atoms with Crippen LogP contribution in [0.4, 0.5) is 4.79 Å². The van der Waals surface area contributed by atoms with Gasteiger partial charge in [-0.25, -0.2) is 4.79 Å². The standard InChI is InChI=1S/C16H24Cl2N2O/c1-10(2)20(11(3)4)15(21)19-16(5,6)12-7-8-13(17)14(18)9-12/h7-11H,1-6H3,(H,19,21). The van der Waals surface area contributed by atoms with Gasteiger partial charge in [0, 0.05) is 12.1 Å². The normalized spacial score (nSPS) is 11.9. The maximum Gasteiger partial charge on any atom is 0.318 e. The summed E-state index contributed by atoms with van der Waals surface area (Å²) in [5.41, 5.74) is 0.380. The largest absolute Gasteiger partial charge is 0.329 e. The molecule has 0 saturated heterocycles. The van der Waals surface area contributed by atoms with Crippen molar-refractivity contribution in [1.82, 2.24) is 10.2 Å². The number of carbonyl (C=O) groups excluding carboxylic acids is 1. The van der Waals surface area contributed by atoms with Gasteiger partial charge in [0.2, 0.25) is 0 Å². The molecule has 0 aliphatic rings. The smallest absolute Gasteiger partial charge is 0.318 e. The molecule has 0 spiro atoms. The molecule has 0 unspecified atom stereocenters. The van der Waals surface area contributed by atoms with Crippen molar-refractivity contribution in [3.8, 4) is 0 Å². The summed E-state index contributed by atoms with van der Waals surface area (Å²) in [5, 5.41) is 4.06. The van der Waals surface area contributed by atoms with Crippen LogP contribution >= 0.6 is 23.2 Å². The zero-order valence-corrected chi connectivity index (χ0v) is 15.0. The molecule has 0 atom stereocenters.